The Balaban J connectivity index is 2.34. The number of hydrogen-bond donors (Lipinski definition) is 7. The molecular formula is C21H40N2O11Si. The van der Waals surface area contributed by atoms with Crippen LogP contribution >= 0.6 is 0 Å². The van der Waals surface area contributed by atoms with Crippen LogP contribution in [0.3, 0.4) is 0 Å². The van der Waals surface area contributed by atoms with Gasteiger partial charge in [0.05, 0.1) is 13.2 Å². The second-order valence-electron chi connectivity index (χ2n) is 10.2. The van der Waals surface area contributed by atoms with Gasteiger partial charge in [0.25, 0.3) is 0 Å². The van der Waals surface area contributed by atoms with E-state index in [1.54, 1.807) is 0 Å². The molecule has 0 spiro atoms. The van der Waals surface area contributed by atoms with E-state index in [1.807, 2.05) is 0 Å². The van der Waals surface area contributed by atoms with E-state index in [4.69, 9.17) is 18.9 Å². The van der Waals surface area contributed by atoms with E-state index in [0.29, 0.717) is 6.61 Å². The Labute approximate surface area is 205 Å². The minimum absolute atomic E-state index is 0.309. The van der Waals surface area contributed by atoms with Crippen molar-refractivity contribution in [1.29, 1.82) is 0 Å². The zero-order valence-corrected chi connectivity index (χ0v) is 21.8. The van der Waals surface area contributed by atoms with Crippen LogP contribution in [0.1, 0.15) is 13.8 Å². The predicted molar refractivity (Wildman–Crippen MR) is 124 cm³/mol. The quantitative estimate of drug-likeness (QED) is 0.146. The number of rotatable bonds is 10. The van der Waals surface area contributed by atoms with Crippen LogP contribution in [0.2, 0.25) is 25.7 Å². The summed E-state index contributed by atoms with van der Waals surface area (Å²) in [7, 11) is -1.47. The molecule has 10 atom stereocenters. The molecule has 0 bridgehead atoms. The highest BCUT2D eigenvalue weighted by Gasteiger charge is 2.52. The molecule has 0 aromatic heterocycles. The minimum Gasteiger partial charge on any atom is -0.394 e. The molecule has 7 N–H and O–H groups in total. The Bertz CT molecular complexity index is 709. The fourth-order valence-electron chi connectivity index (χ4n) is 3.98. The summed E-state index contributed by atoms with van der Waals surface area (Å²) >= 11 is 0. The summed E-state index contributed by atoms with van der Waals surface area (Å²) in [6.45, 7) is 8.02. The molecule has 2 aliphatic rings. The lowest BCUT2D eigenvalue weighted by Gasteiger charge is -2.48. The average molecular weight is 525 g/mol. The Morgan fingerprint density at radius 3 is 1.86 bits per heavy atom. The number of hydrogen-bond acceptors (Lipinski definition) is 11. The van der Waals surface area contributed by atoms with Crippen LogP contribution in [0, 0.1) is 0 Å². The minimum atomic E-state index is -1.57. The van der Waals surface area contributed by atoms with Crippen molar-refractivity contribution >= 4 is 19.9 Å². The van der Waals surface area contributed by atoms with Gasteiger partial charge in [0.1, 0.15) is 48.7 Å². The third-order valence-electron chi connectivity index (χ3n) is 5.90. The smallest absolute Gasteiger partial charge is 0.217 e. The fraction of sp³-hybridized carbons (Fsp3) is 0.905. The first-order chi connectivity index (χ1) is 16.3. The number of ether oxygens (including phenoxy) is 4. The molecule has 0 aromatic carbocycles. The largest absolute Gasteiger partial charge is 0.394 e. The van der Waals surface area contributed by atoms with Gasteiger partial charge in [-0.15, -0.1) is 0 Å². The highest BCUT2D eigenvalue weighted by molar-refractivity contribution is 6.76. The van der Waals surface area contributed by atoms with Gasteiger partial charge in [-0.1, -0.05) is 19.6 Å². The average Bonchev–Trinajstić information content (AvgIpc) is 2.75. The monoisotopic (exact) mass is 524 g/mol. The van der Waals surface area contributed by atoms with Gasteiger partial charge in [-0.3, -0.25) is 9.59 Å². The molecule has 2 rings (SSSR count). The highest BCUT2D eigenvalue weighted by Crippen LogP contribution is 2.30. The molecule has 2 amide bonds. The van der Waals surface area contributed by atoms with Gasteiger partial charge in [0.2, 0.25) is 11.8 Å². The number of amides is 2. The zero-order chi connectivity index (χ0) is 26.5. The molecule has 204 valence electrons. The summed E-state index contributed by atoms with van der Waals surface area (Å²) < 4.78 is 23.2. The maximum Gasteiger partial charge on any atom is 0.217 e. The topological polar surface area (TPSA) is 196 Å². The van der Waals surface area contributed by atoms with Crippen molar-refractivity contribution < 1.29 is 54.1 Å². The van der Waals surface area contributed by atoms with Crippen molar-refractivity contribution in [3.63, 3.8) is 0 Å². The molecule has 0 aliphatic carbocycles. The maximum absolute atomic E-state index is 12.0. The van der Waals surface area contributed by atoms with Gasteiger partial charge in [-0.2, -0.15) is 0 Å². The van der Waals surface area contributed by atoms with E-state index in [0.717, 1.165) is 6.04 Å². The molecule has 0 aromatic rings. The second kappa shape index (κ2) is 12.9. The third kappa shape index (κ3) is 8.15. The molecule has 0 radical (unpaired) electrons. The van der Waals surface area contributed by atoms with Crippen LogP contribution < -0.4 is 10.6 Å². The van der Waals surface area contributed by atoms with E-state index in [1.165, 1.54) is 13.8 Å². The van der Waals surface area contributed by atoms with Gasteiger partial charge in [-0.05, 0) is 6.04 Å². The van der Waals surface area contributed by atoms with Gasteiger partial charge in [0, 0.05) is 28.5 Å². The standard InChI is InChI=1S/C21H40N2O11Si/c1-10(26)22-14-18(30)16(28)12(8-24)33-21(14)34-19-15(23-11(2)27)20(31-6-7-35(3,4)5)32-13(9-25)17(19)29/h12-21,24-25,28-30H,6-9H2,1-5H3,(H,22,26)(H,23,27)/t12-,13-,14-,15-,16+,17+,18-,19-,20-,21-/m1/s1. The first-order valence-electron chi connectivity index (χ1n) is 11.7. The van der Waals surface area contributed by atoms with Crippen molar-refractivity contribution in [2.45, 2.75) is 101 Å². The van der Waals surface area contributed by atoms with Crippen LogP contribution in [0.5, 0.6) is 0 Å². The van der Waals surface area contributed by atoms with Gasteiger partial charge >= 0.3 is 0 Å². The molecule has 2 saturated heterocycles. The fourth-order valence-corrected chi connectivity index (χ4v) is 4.71. The molecule has 2 fully saturated rings. The van der Waals surface area contributed by atoms with Crippen molar-refractivity contribution in [3.05, 3.63) is 0 Å². The number of carbonyl (C=O) groups excluding carboxylic acids is 2. The van der Waals surface area contributed by atoms with E-state index >= 15 is 0 Å². The molecule has 2 aliphatic heterocycles. The Kier molecular flexibility index (Phi) is 11.0. The molecule has 0 unspecified atom stereocenters. The molecular weight excluding hydrogens is 484 g/mol. The van der Waals surface area contributed by atoms with Gasteiger partial charge in [0.15, 0.2) is 12.6 Å². The predicted octanol–water partition coefficient (Wildman–Crippen LogP) is -2.75. The molecule has 2 heterocycles. The van der Waals surface area contributed by atoms with E-state index in [2.05, 4.69) is 30.3 Å². The summed E-state index contributed by atoms with van der Waals surface area (Å²) in [5.41, 5.74) is 0. The SMILES string of the molecule is CC(=O)N[C@H]1[C@@H](O[C@H]2[C@@H](O)[C@@H](CO)O[C@@H](OCC[Si](C)(C)C)[C@@H]2NC(C)=O)O[C@H](CO)[C@H](O)[C@@H]1O. The summed E-state index contributed by atoms with van der Waals surface area (Å²) in [6, 6.07) is -1.53. The Morgan fingerprint density at radius 1 is 0.829 bits per heavy atom. The van der Waals surface area contributed by atoms with Gasteiger partial charge < -0.3 is 55.1 Å². The van der Waals surface area contributed by atoms with Crippen molar-refractivity contribution in [1.82, 2.24) is 10.6 Å². The van der Waals surface area contributed by atoms with Crippen LogP contribution in [0.15, 0.2) is 0 Å². The van der Waals surface area contributed by atoms with Gasteiger partial charge in [-0.25, -0.2) is 0 Å². The number of aliphatic hydroxyl groups is 5. The van der Waals surface area contributed by atoms with Crippen LogP contribution in [0.25, 0.3) is 0 Å². The number of nitrogens with one attached hydrogen (secondary N) is 2. The lowest BCUT2D eigenvalue weighted by Crippen LogP contribution is -2.69. The normalized spacial score (nSPS) is 38.1. The van der Waals surface area contributed by atoms with Crippen molar-refractivity contribution in [3.8, 4) is 0 Å². The Hall–Kier alpha value is -1.20. The van der Waals surface area contributed by atoms with E-state index < -0.39 is 94.4 Å². The van der Waals surface area contributed by atoms with Crippen LogP contribution in [-0.4, -0.2) is 127 Å². The van der Waals surface area contributed by atoms with E-state index in [9.17, 15) is 35.1 Å². The number of carbonyl (C=O) groups is 2. The Morgan fingerprint density at radius 2 is 1.34 bits per heavy atom. The lowest BCUT2D eigenvalue weighted by molar-refractivity contribution is -0.328. The first-order valence-corrected chi connectivity index (χ1v) is 15.4. The van der Waals surface area contributed by atoms with Crippen molar-refractivity contribution in [2.24, 2.45) is 0 Å². The molecule has 0 saturated carbocycles. The first kappa shape index (κ1) is 30.0. The lowest BCUT2D eigenvalue weighted by atomic mass is 9.94. The summed E-state index contributed by atoms with van der Waals surface area (Å²) in [4.78, 5) is 23.7. The van der Waals surface area contributed by atoms with Crippen molar-refractivity contribution in [2.75, 3.05) is 19.8 Å². The maximum atomic E-state index is 12.0. The van der Waals surface area contributed by atoms with E-state index in [-0.39, 0.29) is 0 Å². The molecule has 35 heavy (non-hydrogen) atoms. The second-order valence-corrected chi connectivity index (χ2v) is 15.8. The van der Waals surface area contributed by atoms with Crippen LogP contribution in [0.4, 0.5) is 0 Å². The number of aliphatic hydroxyl groups excluding tert-OH is 5. The third-order valence-corrected chi connectivity index (χ3v) is 7.60. The molecule has 14 heteroatoms. The van der Waals surface area contributed by atoms with Crippen LogP contribution in [-0.2, 0) is 28.5 Å². The highest BCUT2D eigenvalue weighted by atomic mass is 28.3. The summed E-state index contributed by atoms with van der Waals surface area (Å²) in [6.07, 6.45) is -10.7. The summed E-state index contributed by atoms with van der Waals surface area (Å²) in [5.74, 6) is -1.01. The summed E-state index contributed by atoms with van der Waals surface area (Å²) in [5, 5.41) is 56.1. The zero-order valence-electron chi connectivity index (χ0n) is 20.8. The molecule has 13 nitrogen and oxygen atoms in total.